The summed E-state index contributed by atoms with van der Waals surface area (Å²) in [5.74, 6) is -0.614. The highest BCUT2D eigenvalue weighted by molar-refractivity contribution is 6.42. The normalized spacial score (nSPS) is 15.5. The molecule has 32 heavy (non-hydrogen) atoms. The fourth-order valence-corrected chi connectivity index (χ4v) is 3.30. The molecule has 0 aliphatic carbocycles. The molecule has 10 heteroatoms. The van der Waals surface area contributed by atoms with E-state index >= 15 is 0 Å². The molecular weight excluding hydrogens is 457 g/mol. The molecule has 2 aromatic carbocycles. The summed E-state index contributed by atoms with van der Waals surface area (Å²) in [6.07, 6.45) is 3.19. The second-order valence-corrected chi connectivity index (χ2v) is 7.81. The number of ether oxygens (including phenoxy) is 3. The van der Waals surface area contributed by atoms with Crippen LogP contribution < -0.4 is 20.2 Å². The van der Waals surface area contributed by atoms with Gasteiger partial charge >= 0.3 is 11.8 Å². The van der Waals surface area contributed by atoms with E-state index in [0.717, 1.165) is 18.4 Å². The van der Waals surface area contributed by atoms with Gasteiger partial charge in [0.2, 0.25) is 0 Å². The van der Waals surface area contributed by atoms with Crippen molar-refractivity contribution in [3.05, 3.63) is 57.6 Å². The fraction of sp³-hybridized carbons (Fsp3) is 0.318. The second kappa shape index (κ2) is 11.7. The molecule has 3 rings (SSSR count). The molecule has 0 radical (unpaired) electrons. The van der Waals surface area contributed by atoms with Crippen LogP contribution in [-0.2, 0) is 20.9 Å². The molecule has 1 fully saturated rings. The van der Waals surface area contributed by atoms with Crippen LogP contribution in [-0.4, -0.2) is 44.4 Å². The van der Waals surface area contributed by atoms with E-state index in [0.29, 0.717) is 40.3 Å². The van der Waals surface area contributed by atoms with Gasteiger partial charge in [-0.2, -0.15) is 5.10 Å². The third kappa shape index (κ3) is 6.85. The molecule has 1 heterocycles. The summed E-state index contributed by atoms with van der Waals surface area (Å²) in [4.78, 5) is 23.7. The van der Waals surface area contributed by atoms with Crippen molar-refractivity contribution in [2.45, 2.75) is 25.6 Å². The first-order valence-electron chi connectivity index (χ1n) is 9.94. The van der Waals surface area contributed by atoms with E-state index in [9.17, 15) is 9.59 Å². The monoisotopic (exact) mass is 479 g/mol. The number of nitrogens with zero attached hydrogens (tertiary/aromatic N) is 1. The zero-order valence-electron chi connectivity index (χ0n) is 17.4. The minimum Gasteiger partial charge on any atom is -0.493 e. The molecule has 1 aliphatic heterocycles. The highest BCUT2D eigenvalue weighted by atomic mass is 35.5. The van der Waals surface area contributed by atoms with Gasteiger partial charge in [-0.3, -0.25) is 9.59 Å². The molecule has 1 aliphatic rings. The number of amides is 2. The number of nitrogens with one attached hydrogen (secondary N) is 2. The second-order valence-electron chi connectivity index (χ2n) is 6.99. The highest BCUT2D eigenvalue weighted by Crippen LogP contribution is 2.29. The minimum atomic E-state index is -0.854. The van der Waals surface area contributed by atoms with E-state index in [4.69, 9.17) is 37.4 Å². The molecule has 170 valence electrons. The van der Waals surface area contributed by atoms with E-state index in [1.807, 2.05) is 6.07 Å². The first-order chi connectivity index (χ1) is 15.5. The molecule has 1 atom stereocenters. The summed E-state index contributed by atoms with van der Waals surface area (Å²) in [6, 6.07) is 10.4. The van der Waals surface area contributed by atoms with Gasteiger partial charge < -0.3 is 19.5 Å². The van der Waals surface area contributed by atoms with E-state index < -0.39 is 11.8 Å². The van der Waals surface area contributed by atoms with E-state index in [1.54, 1.807) is 30.3 Å². The summed E-state index contributed by atoms with van der Waals surface area (Å²) < 4.78 is 16.6. The number of carbonyl (C=O) groups excluding carboxylic acids is 2. The van der Waals surface area contributed by atoms with Crippen molar-refractivity contribution >= 4 is 41.2 Å². The maximum atomic E-state index is 11.8. The van der Waals surface area contributed by atoms with Crippen molar-refractivity contribution in [2.75, 3.05) is 20.3 Å². The summed E-state index contributed by atoms with van der Waals surface area (Å²) in [5.41, 5.74) is 3.69. The van der Waals surface area contributed by atoms with Crippen LogP contribution in [0.4, 0.5) is 0 Å². The Morgan fingerprint density at radius 2 is 2.00 bits per heavy atom. The van der Waals surface area contributed by atoms with Crippen molar-refractivity contribution < 1.29 is 23.8 Å². The Bertz CT molecular complexity index is 994. The summed E-state index contributed by atoms with van der Waals surface area (Å²) in [7, 11) is 1.52. The average Bonchev–Trinajstić information content (AvgIpc) is 3.32. The molecule has 0 bridgehead atoms. The average molecular weight is 480 g/mol. The smallest absolute Gasteiger partial charge is 0.329 e. The maximum Gasteiger partial charge on any atom is 0.329 e. The fourth-order valence-electron chi connectivity index (χ4n) is 2.98. The van der Waals surface area contributed by atoms with E-state index in [2.05, 4.69) is 15.8 Å². The lowest BCUT2D eigenvalue weighted by molar-refractivity contribution is -0.139. The van der Waals surface area contributed by atoms with Gasteiger partial charge in [-0.05, 0) is 54.3 Å². The van der Waals surface area contributed by atoms with Crippen LogP contribution in [0, 0.1) is 0 Å². The maximum absolute atomic E-state index is 11.8. The molecule has 2 N–H and O–H groups in total. The predicted octanol–water partition coefficient (Wildman–Crippen LogP) is 3.33. The lowest BCUT2D eigenvalue weighted by Crippen LogP contribution is -2.41. The molecule has 0 unspecified atom stereocenters. The first kappa shape index (κ1) is 23.8. The van der Waals surface area contributed by atoms with Crippen molar-refractivity contribution in [2.24, 2.45) is 5.10 Å². The number of carbonyl (C=O) groups is 2. The Morgan fingerprint density at radius 3 is 2.72 bits per heavy atom. The third-order valence-corrected chi connectivity index (χ3v) is 5.41. The van der Waals surface area contributed by atoms with Crippen LogP contribution in [0.25, 0.3) is 0 Å². The molecular formula is C22H23Cl2N3O5. The summed E-state index contributed by atoms with van der Waals surface area (Å²) >= 11 is 12.0. The van der Waals surface area contributed by atoms with Crippen LogP contribution >= 0.6 is 23.2 Å². The molecule has 1 saturated heterocycles. The van der Waals surface area contributed by atoms with Crippen LogP contribution in [0.2, 0.25) is 10.0 Å². The molecule has 2 aromatic rings. The quantitative estimate of drug-likeness (QED) is 0.343. The van der Waals surface area contributed by atoms with E-state index in [-0.39, 0.29) is 12.7 Å². The van der Waals surface area contributed by atoms with Gasteiger partial charge in [-0.25, -0.2) is 5.43 Å². The minimum absolute atomic E-state index is 0.0415. The van der Waals surface area contributed by atoms with Crippen molar-refractivity contribution in [3.8, 4) is 11.5 Å². The Kier molecular flexibility index (Phi) is 8.72. The number of methoxy groups -OCH3 is 1. The highest BCUT2D eigenvalue weighted by Gasteiger charge is 2.19. The zero-order chi connectivity index (χ0) is 22.9. The third-order valence-electron chi connectivity index (χ3n) is 4.67. The number of benzene rings is 2. The zero-order valence-corrected chi connectivity index (χ0v) is 18.9. The van der Waals surface area contributed by atoms with Crippen LogP contribution in [0.5, 0.6) is 11.5 Å². The number of hydrogen-bond acceptors (Lipinski definition) is 6. The predicted molar refractivity (Wildman–Crippen MR) is 122 cm³/mol. The lowest BCUT2D eigenvalue weighted by atomic mass is 10.2. The van der Waals surface area contributed by atoms with Crippen molar-refractivity contribution in [1.82, 2.24) is 10.7 Å². The van der Waals surface area contributed by atoms with Crippen molar-refractivity contribution in [3.63, 3.8) is 0 Å². The van der Waals surface area contributed by atoms with Gasteiger partial charge in [0, 0.05) is 13.2 Å². The SMILES string of the molecule is COc1cc(/C=N\NC(=O)C(=O)NC[C@@H]2CCCO2)ccc1OCc1ccc(Cl)c(Cl)c1. The molecule has 8 nitrogen and oxygen atoms in total. The van der Waals surface area contributed by atoms with Gasteiger partial charge in [-0.1, -0.05) is 29.3 Å². The van der Waals surface area contributed by atoms with E-state index in [1.165, 1.54) is 13.3 Å². The molecule has 0 aromatic heterocycles. The largest absolute Gasteiger partial charge is 0.493 e. The number of halogens is 2. The van der Waals surface area contributed by atoms with Crippen LogP contribution in [0.3, 0.4) is 0 Å². The van der Waals surface area contributed by atoms with Crippen molar-refractivity contribution in [1.29, 1.82) is 0 Å². The number of rotatable bonds is 8. The van der Waals surface area contributed by atoms with Crippen LogP contribution in [0.15, 0.2) is 41.5 Å². The van der Waals surface area contributed by atoms with Gasteiger partial charge in [0.15, 0.2) is 11.5 Å². The number of hydrazone groups is 1. The lowest BCUT2D eigenvalue weighted by Gasteiger charge is -2.12. The Labute approximate surface area is 195 Å². The van der Waals surface area contributed by atoms with Gasteiger partial charge in [0.05, 0.1) is 29.5 Å². The molecule has 0 spiro atoms. The molecule has 2 amide bonds. The van der Waals surface area contributed by atoms with Gasteiger partial charge in [-0.15, -0.1) is 0 Å². The Morgan fingerprint density at radius 1 is 1.16 bits per heavy atom. The standard InChI is InChI=1S/C22H23Cl2N3O5/c1-30-20-10-14(5-7-19(20)32-13-15-4-6-17(23)18(24)9-15)11-26-27-22(29)21(28)25-12-16-3-2-8-31-16/h4-7,9-11,16H,2-3,8,12-13H2,1H3,(H,25,28)(H,27,29)/b26-11-/t16-/m0/s1. The first-order valence-corrected chi connectivity index (χ1v) is 10.7. The summed E-state index contributed by atoms with van der Waals surface area (Å²) in [5, 5.41) is 7.28. The Balaban J connectivity index is 1.51. The topological polar surface area (TPSA) is 98.2 Å². The Hall–Kier alpha value is -2.81. The molecule has 0 saturated carbocycles. The summed E-state index contributed by atoms with van der Waals surface area (Å²) in [6.45, 7) is 1.26. The van der Waals surface area contributed by atoms with Gasteiger partial charge in [0.1, 0.15) is 6.61 Å². The van der Waals surface area contributed by atoms with Gasteiger partial charge in [0.25, 0.3) is 0 Å². The van der Waals surface area contributed by atoms with Crippen LogP contribution in [0.1, 0.15) is 24.0 Å². The number of hydrogen-bond donors (Lipinski definition) is 2.